The predicted molar refractivity (Wildman–Crippen MR) is 72.0 cm³/mol. The number of hydrogen-bond donors (Lipinski definition) is 2. The van der Waals surface area contributed by atoms with Crippen LogP contribution in [0.3, 0.4) is 0 Å². The van der Waals surface area contributed by atoms with E-state index in [-0.39, 0.29) is 11.5 Å². The van der Waals surface area contributed by atoms with E-state index >= 15 is 0 Å². The first-order valence-corrected chi connectivity index (χ1v) is 6.34. The van der Waals surface area contributed by atoms with E-state index in [1.807, 2.05) is 13.8 Å². The molecule has 0 radical (unpaired) electrons. The minimum Gasteiger partial charge on any atom is -0.385 e. The monoisotopic (exact) mass is 285 g/mol. The van der Waals surface area contributed by atoms with E-state index in [0.29, 0.717) is 24.7 Å². The molecule has 6 heteroatoms. The Labute approximate surface area is 116 Å². The van der Waals surface area contributed by atoms with Crippen LogP contribution in [0, 0.1) is 23.2 Å². The SMILES string of the molecule is CC(C)C(CN)CNc1ccc(C#N)c(C(F)(F)F)c1. The maximum atomic E-state index is 12.8. The van der Waals surface area contributed by atoms with Crippen LogP contribution in [0.5, 0.6) is 0 Å². The van der Waals surface area contributed by atoms with Crippen molar-refractivity contribution < 1.29 is 13.2 Å². The van der Waals surface area contributed by atoms with Crippen LogP contribution in [0.15, 0.2) is 18.2 Å². The van der Waals surface area contributed by atoms with Gasteiger partial charge in [-0.25, -0.2) is 0 Å². The fourth-order valence-corrected chi connectivity index (χ4v) is 1.83. The maximum absolute atomic E-state index is 12.8. The fourth-order valence-electron chi connectivity index (χ4n) is 1.83. The van der Waals surface area contributed by atoms with Crippen molar-refractivity contribution in [3.8, 4) is 6.07 Å². The largest absolute Gasteiger partial charge is 0.417 e. The van der Waals surface area contributed by atoms with Crippen LogP contribution in [0.1, 0.15) is 25.0 Å². The second-order valence-electron chi connectivity index (χ2n) is 4.99. The average molecular weight is 285 g/mol. The van der Waals surface area contributed by atoms with E-state index in [2.05, 4.69) is 5.32 Å². The molecule has 110 valence electrons. The molecule has 0 aromatic heterocycles. The Morgan fingerprint density at radius 1 is 1.35 bits per heavy atom. The van der Waals surface area contributed by atoms with Crippen molar-refractivity contribution in [1.82, 2.24) is 0 Å². The van der Waals surface area contributed by atoms with Gasteiger partial charge in [-0.3, -0.25) is 0 Å². The molecule has 0 fully saturated rings. The van der Waals surface area contributed by atoms with Crippen molar-refractivity contribution in [1.29, 1.82) is 5.26 Å². The number of benzene rings is 1. The van der Waals surface area contributed by atoms with Crippen LogP contribution >= 0.6 is 0 Å². The topological polar surface area (TPSA) is 61.8 Å². The van der Waals surface area contributed by atoms with Crippen molar-refractivity contribution in [2.45, 2.75) is 20.0 Å². The van der Waals surface area contributed by atoms with Gasteiger partial charge in [-0.1, -0.05) is 13.8 Å². The molecule has 0 aliphatic carbocycles. The molecule has 3 N–H and O–H groups in total. The highest BCUT2D eigenvalue weighted by atomic mass is 19.4. The lowest BCUT2D eigenvalue weighted by Gasteiger charge is -2.20. The van der Waals surface area contributed by atoms with Gasteiger partial charge in [0.15, 0.2) is 0 Å². The van der Waals surface area contributed by atoms with Gasteiger partial charge in [-0.15, -0.1) is 0 Å². The van der Waals surface area contributed by atoms with Gasteiger partial charge < -0.3 is 11.1 Å². The van der Waals surface area contributed by atoms with Gasteiger partial charge in [0.25, 0.3) is 0 Å². The summed E-state index contributed by atoms with van der Waals surface area (Å²) in [6.45, 7) is 4.99. The summed E-state index contributed by atoms with van der Waals surface area (Å²) in [7, 11) is 0. The smallest absolute Gasteiger partial charge is 0.385 e. The summed E-state index contributed by atoms with van der Waals surface area (Å²) in [5.74, 6) is 0.521. The third kappa shape index (κ3) is 4.14. The molecule has 0 aliphatic heterocycles. The Balaban J connectivity index is 2.91. The Morgan fingerprint density at radius 2 is 2.00 bits per heavy atom. The van der Waals surface area contributed by atoms with Gasteiger partial charge in [0.2, 0.25) is 0 Å². The third-order valence-electron chi connectivity index (χ3n) is 3.26. The fraction of sp³-hybridized carbons (Fsp3) is 0.500. The number of rotatable bonds is 5. The van der Waals surface area contributed by atoms with Crippen molar-refractivity contribution in [3.63, 3.8) is 0 Å². The van der Waals surface area contributed by atoms with Crippen molar-refractivity contribution in [2.24, 2.45) is 17.6 Å². The standard InChI is InChI=1S/C14H18F3N3/c1-9(2)11(7-19)8-20-12-4-3-10(6-18)13(5-12)14(15,16)17/h3-5,9,11,20H,7-8,19H2,1-2H3. The van der Waals surface area contributed by atoms with Crippen LogP contribution in [-0.4, -0.2) is 13.1 Å². The second kappa shape index (κ2) is 6.62. The zero-order valence-corrected chi connectivity index (χ0v) is 11.5. The van der Waals surface area contributed by atoms with Gasteiger partial charge in [0, 0.05) is 12.2 Å². The molecule has 0 heterocycles. The molecule has 0 aliphatic rings. The number of alkyl halides is 3. The average Bonchev–Trinajstić information content (AvgIpc) is 2.37. The molecular weight excluding hydrogens is 267 g/mol. The molecular formula is C14H18F3N3. The molecule has 0 saturated carbocycles. The van der Waals surface area contributed by atoms with Gasteiger partial charge in [-0.2, -0.15) is 18.4 Å². The van der Waals surface area contributed by atoms with Gasteiger partial charge >= 0.3 is 6.18 Å². The van der Waals surface area contributed by atoms with E-state index in [9.17, 15) is 13.2 Å². The highest BCUT2D eigenvalue weighted by molar-refractivity contribution is 5.53. The maximum Gasteiger partial charge on any atom is 0.417 e. The van der Waals surface area contributed by atoms with Crippen molar-refractivity contribution in [2.75, 3.05) is 18.4 Å². The van der Waals surface area contributed by atoms with E-state index in [4.69, 9.17) is 11.0 Å². The highest BCUT2D eigenvalue weighted by Gasteiger charge is 2.33. The molecule has 0 spiro atoms. The van der Waals surface area contributed by atoms with E-state index in [1.54, 1.807) is 6.07 Å². The van der Waals surface area contributed by atoms with Crippen molar-refractivity contribution >= 4 is 5.69 Å². The van der Waals surface area contributed by atoms with Crippen molar-refractivity contribution in [3.05, 3.63) is 29.3 Å². The summed E-state index contributed by atoms with van der Waals surface area (Å²) in [4.78, 5) is 0. The van der Waals surface area contributed by atoms with Crippen LogP contribution in [0.4, 0.5) is 18.9 Å². The van der Waals surface area contributed by atoms with Crippen LogP contribution in [0.2, 0.25) is 0 Å². The molecule has 1 aromatic carbocycles. The first-order chi connectivity index (χ1) is 9.29. The van der Waals surface area contributed by atoms with Gasteiger partial charge in [-0.05, 0) is 36.6 Å². The molecule has 1 atom stereocenters. The Kier molecular flexibility index (Phi) is 5.40. The van der Waals surface area contributed by atoms with Crippen LogP contribution < -0.4 is 11.1 Å². The quantitative estimate of drug-likeness (QED) is 0.873. The number of nitrogens with two attached hydrogens (primary N) is 1. The summed E-state index contributed by atoms with van der Waals surface area (Å²) in [6.07, 6.45) is -4.53. The molecule has 20 heavy (non-hydrogen) atoms. The highest BCUT2D eigenvalue weighted by Crippen LogP contribution is 2.33. The molecule has 1 rings (SSSR count). The normalized spacial score (nSPS) is 13.1. The summed E-state index contributed by atoms with van der Waals surface area (Å²) >= 11 is 0. The number of anilines is 1. The summed E-state index contributed by atoms with van der Waals surface area (Å²) < 4.78 is 38.4. The first kappa shape index (κ1) is 16.3. The Hall–Kier alpha value is -1.74. The van der Waals surface area contributed by atoms with E-state index < -0.39 is 11.7 Å². The lowest BCUT2D eigenvalue weighted by Crippen LogP contribution is -2.27. The van der Waals surface area contributed by atoms with E-state index in [1.165, 1.54) is 12.1 Å². The zero-order valence-electron chi connectivity index (χ0n) is 11.5. The summed E-state index contributed by atoms with van der Waals surface area (Å²) in [6, 6.07) is 5.17. The summed E-state index contributed by atoms with van der Waals surface area (Å²) in [5.41, 5.74) is 4.67. The number of nitrogens with one attached hydrogen (secondary N) is 1. The first-order valence-electron chi connectivity index (χ1n) is 6.34. The number of nitrogens with zero attached hydrogens (tertiary/aromatic N) is 1. The second-order valence-corrected chi connectivity index (χ2v) is 4.99. The number of halogens is 3. The molecule has 0 bridgehead atoms. The Bertz CT molecular complexity index is 489. The molecule has 0 saturated heterocycles. The van der Waals surface area contributed by atoms with Gasteiger partial charge in [0.1, 0.15) is 0 Å². The summed E-state index contributed by atoms with van der Waals surface area (Å²) in [5, 5.41) is 11.7. The minimum atomic E-state index is -4.53. The van der Waals surface area contributed by atoms with E-state index in [0.717, 1.165) is 6.07 Å². The van der Waals surface area contributed by atoms with Gasteiger partial charge in [0.05, 0.1) is 17.2 Å². The third-order valence-corrected chi connectivity index (χ3v) is 3.26. The molecule has 0 amide bonds. The zero-order chi connectivity index (χ0) is 15.3. The molecule has 1 aromatic rings. The molecule has 1 unspecified atom stereocenters. The number of hydrogen-bond acceptors (Lipinski definition) is 3. The van der Waals surface area contributed by atoms with Crippen LogP contribution in [-0.2, 0) is 6.18 Å². The predicted octanol–water partition coefficient (Wildman–Crippen LogP) is 3.22. The number of nitriles is 1. The lowest BCUT2D eigenvalue weighted by atomic mass is 9.96. The lowest BCUT2D eigenvalue weighted by molar-refractivity contribution is -0.137. The molecule has 3 nitrogen and oxygen atoms in total. The minimum absolute atomic E-state index is 0.181. The van der Waals surface area contributed by atoms with Crippen LogP contribution in [0.25, 0.3) is 0 Å². The Morgan fingerprint density at radius 3 is 2.45 bits per heavy atom.